The summed E-state index contributed by atoms with van der Waals surface area (Å²) in [7, 11) is 0. The van der Waals surface area contributed by atoms with E-state index >= 15 is 0 Å². The fraction of sp³-hybridized carbons (Fsp3) is 0.909. The van der Waals surface area contributed by atoms with Crippen LogP contribution in [0.4, 0.5) is 0 Å². The van der Waals surface area contributed by atoms with Crippen molar-refractivity contribution >= 4 is 5.97 Å². The van der Waals surface area contributed by atoms with Crippen LogP contribution in [0, 0.1) is 56.7 Å². The van der Waals surface area contributed by atoms with Crippen LogP contribution in [0.5, 0.6) is 0 Å². The van der Waals surface area contributed by atoms with Crippen LogP contribution in [-0.2, 0) is 34.7 Å². The second-order valence-corrected chi connectivity index (χ2v) is 16.1. The zero-order valence-corrected chi connectivity index (χ0v) is 28.2. The van der Waals surface area contributed by atoms with Crippen molar-refractivity contribution in [3.05, 3.63) is 11.6 Å². The molecule has 1 aliphatic heterocycles. The molecule has 2 N–H and O–H groups in total. The van der Waals surface area contributed by atoms with Gasteiger partial charge < -0.3 is 19.7 Å². The smallest absolute Gasteiger partial charge is 0.310 e. The van der Waals surface area contributed by atoms with E-state index in [0.717, 1.165) is 51.4 Å². The van der Waals surface area contributed by atoms with Gasteiger partial charge in [-0.05, 0) is 111 Å². The summed E-state index contributed by atoms with van der Waals surface area (Å²) in [5, 5.41) is 22.2. The molecule has 5 nitrogen and oxygen atoms in total. The molecule has 0 bridgehead atoms. The van der Waals surface area contributed by atoms with Gasteiger partial charge in [-0.15, -0.1) is 0 Å². The Balaban J connectivity index is 0.00000308. The number of fused-ring (bicyclic) bond motifs is 9. The van der Waals surface area contributed by atoms with Crippen molar-refractivity contribution in [2.45, 2.75) is 125 Å². The number of rotatable bonds is 1. The first kappa shape index (κ1) is 30.2. The van der Waals surface area contributed by atoms with Crippen LogP contribution in [0.25, 0.3) is 0 Å². The van der Waals surface area contributed by atoms with Gasteiger partial charge in [0.1, 0.15) is 0 Å². The summed E-state index contributed by atoms with van der Waals surface area (Å²) in [6.45, 7) is 19.0. The summed E-state index contributed by atoms with van der Waals surface area (Å²) in [6.07, 6.45) is 9.41. The van der Waals surface area contributed by atoms with Gasteiger partial charge in [-0.1, -0.05) is 53.2 Å². The summed E-state index contributed by atoms with van der Waals surface area (Å²) in [4.78, 5) is 12.9. The summed E-state index contributed by atoms with van der Waals surface area (Å²) in [5.41, 5.74) is 0.690. The quantitative estimate of drug-likeness (QED) is 0.292. The molecule has 4 saturated carbocycles. The van der Waals surface area contributed by atoms with Gasteiger partial charge in [0.2, 0.25) is 0 Å². The molecule has 6 heteroatoms. The van der Waals surface area contributed by atoms with Crippen LogP contribution in [-0.4, -0.2) is 40.8 Å². The molecular formula is C33H52O5Re. The Kier molecular flexibility index (Phi) is 7.07. The molecule has 0 aromatic rings. The van der Waals surface area contributed by atoms with E-state index in [2.05, 4.69) is 47.6 Å². The van der Waals surface area contributed by atoms with E-state index in [0.29, 0.717) is 30.3 Å². The van der Waals surface area contributed by atoms with Crippen molar-refractivity contribution in [3.8, 4) is 0 Å². The number of hydrogen-bond donors (Lipinski definition) is 2. The first-order chi connectivity index (χ1) is 17.6. The molecule has 0 aromatic carbocycles. The summed E-state index contributed by atoms with van der Waals surface area (Å²) in [6, 6.07) is 0. The molecule has 1 saturated heterocycles. The van der Waals surface area contributed by atoms with Crippen molar-refractivity contribution in [1.29, 1.82) is 0 Å². The Hall–Kier alpha value is -0.248. The maximum absolute atomic E-state index is 12.9. The van der Waals surface area contributed by atoms with Crippen LogP contribution in [0.3, 0.4) is 0 Å². The normalized spacial score (nSPS) is 55.8. The van der Waals surface area contributed by atoms with Gasteiger partial charge in [-0.2, -0.15) is 0 Å². The first-order valence-electron chi connectivity index (χ1n) is 15.5. The van der Waals surface area contributed by atoms with Crippen LogP contribution < -0.4 is 0 Å². The molecule has 5 fully saturated rings. The van der Waals surface area contributed by atoms with Gasteiger partial charge in [0.15, 0.2) is 5.79 Å². The van der Waals surface area contributed by atoms with E-state index in [1.54, 1.807) is 0 Å². The minimum absolute atomic E-state index is 0. The summed E-state index contributed by atoms with van der Waals surface area (Å²) >= 11 is 0. The Morgan fingerprint density at radius 2 is 1.64 bits per heavy atom. The van der Waals surface area contributed by atoms with Crippen molar-refractivity contribution in [3.63, 3.8) is 0 Å². The average molecular weight is 715 g/mol. The Morgan fingerprint density at radius 3 is 2.31 bits per heavy atom. The molecule has 6 aliphatic rings. The third-order valence-electron chi connectivity index (χ3n) is 14.3. The Morgan fingerprint density at radius 1 is 0.949 bits per heavy atom. The van der Waals surface area contributed by atoms with Gasteiger partial charge in [0.25, 0.3) is 0 Å². The molecule has 5 aliphatic carbocycles. The molecule has 6 unspecified atom stereocenters. The van der Waals surface area contributed by atoms with Crippen LogP contribution in [0.1, 0.15) is 107 Å². The number of aliphatic hydroxyl groups is 1. The van der Waals surface area contributed by atoms with Crippen LogP contribution in [0.15, 0.2) is 11.6 Å². The monoisotopic (exact) mass is 715 g/mol. The molecule has 39 heavy (non-hydrogen) atoms. The van der Waals surface area contributed by atoms with Gasteiger partial charge in [-0.25, -0.2) is 0 Å². The number of carbonyl (C=O) groups is 1. The molecule has 221 valence electrons. The minimum Gasteiger partial charge on any atom is -0.481 e. The Labute approximate surface area is 249 Å². The maximum atomic E-state index is 12.9. The standard InChI is InChI=1S/C33H52O5.Re/c1-19-11-14-33(27(35)36)16-15-31(7)21(25(33)20(19)2)9-10-24-29(5)17-22(34)26-30(6,18-37-28(3,4)38-26)23(29)12-13-32(24,31)8;/h9,19-20,22-26,34H,10-18H2,1-8H3,(H,35,36);/t19-,20+,22?,23?,24?,25?,26?,29+,30+,31-,32-,33?;/m1./s1. The number of aliphatic hydroxyl groups excluding tert-OH is 1. The molecule has 1 heterocycles. The van der Waals surface area contributed by atoms with Gasteiger partial charge in [-0.3, -0.25) is 4.79 Å². The molecule has 6 rings (SSSR count). The Bertz CT molecular complexity index is 1060. The molecule has 0 spiro atoms. The van der Waals surface area contributed by atoms with Gasteiger partial charge in [0, 0.05) is 25.8 Å². The van der Waals surface area contributed by atoms with E-state index in [-0.39, 0.29) is 54.1 Å². The zero-order valence-electron chi connectivity index (χ0n) is 25.5. The molecule has 0 amide bonds. The molecule has 0 aromatic heterocycles. The molecule has 12 atom stereocenters. The van der Waals surface area contributed by atoms with Crippen molar-refractivity contribution < 1.29 is 44.9 Å². The fourth-order valence-corrected chi connectivity index (χ4v) is 11.9. The SMILES string of the molecule is C[C@@H]1CCC2(C(=O)O)CC[C@]3(C)C(=CCC4[C@@]5(C)CC(O)C6OC(C)(C)OC[C@@]6(C)C5CC[C@]43C)C2[C@H]1C.[Re]. The van der Waals surface area contributed by atoms with Gasteiger partial charge >= 0.3 is 5.97 Å². The number of aliphatic carboxylic acids is 1. The van der Waals surface area contributed by atoms with Crippen molar-refractivity contribution in [2.75, 3.05) is 6.61 Å². The fourth-order valence-electron chi connectivity index (χ4n) is 11.9. The minimum atomic E-state index is -0.662. The molecular weight excluding hydrogens is 663 g/mol. The van der Waals surface area contributed by atoms with Gasteiger partial charge in [0.05, 0.1) is 24.2 Å². The zero-order chi connectivity index (χ0) is 27.7. The third kappa shape index (κ3) is 3.73. The second kappa shape index (κ2) is 9.13. The van der Waals surface area contributed by atoms with E-state index < -0.39 is 23.3 Å². The van der Waals surface area contributed by atoms with E-state index in [1.165, 1.54) is 5.57 Å². The van der Waals surface area contributed by atoms with E-state index in [4.69, 9.17) is 9.47 Å². The summed E-state index contributed by atoms with van der Waals surface area (Å²) in [5.74, 6) is 0.702. The van der Waals surface area contributed by atoms with Crippen LogP contribution >= 0.6 is 0 Å². The van der Waals surface area contributed by atoms with Crippen molar-refractivity contribution in [2.24, 2.45) is 56.7 Å². The van der Waals surface area contributed by atoms with Crippen molar-refractivity contribution in [1.82, 2.24) is 0 Å². The average Bonchev–Trinajstić information content (AvgIpc) is 2.82. The third-order valence-corrected chi connectivity index (χ3v) is 14.3. The van der Waals surface area contributed by atoms with Crippen LogP contribution in [0.2, 0.25) is 0 Å². The largest absolute Gasteiger partial charge is 0.481 e. The summed E-state index contributed by atoms with van der Waals surface area (Å²) < 4.78 is 12.7. The number of hydrogen-bond acceptors (Lipinski definition) is 4. The maximum Gasteiger partial charge on any atom is 0.310 e. The first-order valence-corrected chi connectivity index (χ1v) is 15.5. The predicted octanol–water partition coefficient (Wildman–Crippen LogP) is 6.83. The number of ether oxygens (including phenoxy) is 2. The van der Waals surface area contributed by atoms with E-state index in [1.807, 2.05) is 13.8 Å². The van der Waals surface area contributed by atoms with E-state index in [9.17, 15) is 15.0 Å². The second-order valence-electron chi connectivity index (χ2n) is 16.1. The number of allylic oxidation sites excluding steroid dienone is 2. The predicted molar refractivity (Wildman–Crippen MR) is 147 cm³/mol. The number of carboxylic acid groups (broad SMARTS) is 1. The molecule has 1 radical (unpaired) electrons. The topological polar surface area (TPSA) is 76.0 Å². The number of carboxylic acids is 1.